The van der Waals surface area contributed by atoms with Gasteiger partial charge in [-0.15, -0.1) is 0 Å². The van der Waals surface area contributed by atoms with Gasteiger partial charge in [-0.2, -0.15) is 0 Å². The van der Waals surface area contributed by atoms with E-state index in [2.05, 4.69) is 8.53 Å². The molecule has 0 fully saturated rings. The minimum absolute atomic E-state index is 0.131. The normalized spacial score (nSPS) is 8.86. The Kier molecular flexibility index (Phi) is 5.68. The summed E-state index contributed by atoms with van der Waals surface area (Å²) in [6.07, 6.45) is 0. The van der Waals surface area contributed by atoms with E-state index >= 15 is 0 Å². The predicted octanol–water partition coefficient (Wildman–Crippen LogP) is -2.30. The summed E-state index contributed by atoms with van der Waals surface area (Å²) in [4.78, 5) is 16.4. The van der Waals surface area contributed by atoms with E-state index in [9.17, 15) is 4.79 Å². The van der Waals surface area contributed by atoms with E-state index < -0.39 is 21.2 Å². The van der Waals surface area contributed by atoms with E-state index in [1.54, 1.807) is 22.9 Å². The van der Waals surface area contributed by atoms with E-state index in [0.717, 1.165) is 0 Å². The SMILES string of the molecule is C[I-]C(=O)ONI. The zero-order valence-corrected chi connectivity index (χ0v) is 7.89. The fourth-order valence-corrected chi connectivity index (χ4v) is 1.02. The summed E-state index contributed by atoms with van der Waals surface area (Å²) in [5.74, 6) is 0. The molecule has 3 nitrogen and oxygen atoms in total. The molecule has 7 heavy (non-hydrogen) atoms. The number of alkyl halides is 1. The van der Waals surface area contributed by atoms with Crippen LogP contribution in [0.3, 0.4) is 0 Å². The Morgan fingerprint density at radius 2 is 2.57 bits per heavy atom. The Bertz CT molecular complexity index is 66.7. The summed E-state index contributed by atoms with van der Waals surface area (Å²) < 4.78 is 2.14. The van der Waals surface area contributed by atoms with Crippen molar-refractivity contribution in [2.75, 3.05) is 4.93 Å². The van der Waals surface area contributed by atoms with Crippen molar-refractivity contribution >= 4 is 26.8 Å². The van der Waals surface area contributed by atoms with Gasteiger partial charge in [0.15, 0.2) is 0 Å². The zero-order valence-electron chi connectivity index (χ0n) is 3.57. The summed E-state index contributed by atoms with van der Waals surface area (Å²) in [7, 11) is 0. The van der Waals surface area contributed by atoms with Gasteiger partial charge in [-0.1, -0.05) is 0 Å². The van der Waals surface area contributed by atoms with Gasteiger partial charge in [0, 0.05) is 0 Å². The maximum absolute atomic E-state index is 10.2. The maximum atomic E-state index is 10.2. The average Bonchev–Trinajstić information content (AvgIpc) is 1.68. The molecule has 0 aliphatic rings. The third-order valence-corrected chi connectivity index (χ3v) is 1.59. The topological polar surface area (TPSA) is 38.3 Å². The second-order valence-electron chi connectivity index (χ2n) is 0.606. The quantitative estimate of drug-likeness (QED) is 0.204. The monoisotopic (exact) mass is 328 g/mol. The third-order valence-electron chi connectivity index (χ3n) is 0.273. The van der Waals surface area contributed by atoms with Crippen molar-refractivity contribution in [1.29, 1.82) is 0 Å². The van der Waals surface area contributed by atoms with Crippen LogP contribution in [0.5, 0.6) is 0 Å². The molecule has 0 rings (SSSR count). The van der Waals surface area contributed by atoms with Crippen LogP contribution in [0.25, 0.3) is 0 Å². The molecular weight excluding hydrogens is 324 g/mol. The number of nitrogens with one attached hydrogen (secondary N) is 1. The van der Waals surface area contributed by atoms with Crippen molar-refractivity contribution in [3.63, 3.8) is 0 Å². The van der Waals surface area contributed by atoms with Crippen molar-refractivity contribution in [3.8, 4) is 0 Å². The zero-order chi connectivity index (χ0) is 5.70. The van der Waals surface area contributed by atoms with Gasteiger partial charge in [0.1, 0.15) is 0 Å². The number of rotatable bonds is 2. The van der Waals surface area contributed by atoms with Crippen LogP contribution < -0.4 is 24.9 Å². The molecule has 0 amide bonds. The van der Waals surface area contributed by atoms with Gasteiger partial charge in [-0.25, -0.2) is 0 Å². The molecule has 5 heteroatoms. The van der Waals surface area contributed by atoms with Crippen LogP contribution >= 0.6 is 22.9 Å². The van der Waals surface area contributed by atoms with Crippen molar-refractivity contribution in [2.45, 2.75) is 0 Å². The van der Waals surface area contributed by atoms with Crippen molar-refractivity contribution in [2.24, 2.45) is 0 Å². The first-order chi connectivity index (χ1) is 3.31. The number of hydrogen-bond donors (Lipinski definition) is 1. The minimum atomic E-state index is -0.390. The summed E-state index contributed by atoms with van der Waals surface area (Å²) >= 11 is 1.36. The average molecular weight is 328 g/mol. The fourth-order valence-electron chi connectivity index (χ4n) is 0.0689. The van der Waals surface area contributed by atoms with Crippen molar-refractivity contribution in [1.82, 2.24) is 3.69 Å². The first kappa shape index (κ1) is 7.89. The van der Waals surface area contributed by atoms with Crippen LogP contribution in [0.4, 0.5) is 4.79 Å². The molecule has 0 saturated carbocycles. The van der Waals surface area contributed by atoms with E-state index in [0.29, 0.717) is 0 Å². The van der Waals surface area contributed by atoms with Crippen molar-refractivity contribution in [3.05, 3.63) is 0 Å². The number of carbonyl (C=O) groups excluding carboxylic acids is 1. The van der Waals surface area contributed by atoms with Gasteiger partial charge in [-0.05, 0) is 0 Å². The first-order valence-electron chi connectivity index (χ1n) is 1.37. The second-order valence-corrected chi connectivity index (χ2v) is 3.01. The first-order valence-corrected chi connectivity index (χ1v) is 5.68. The Morgan fingerprint density at radius 3 is 2.71 bits per heavy atom. The predicted molar refractivity (Wildman–Crippen MR) is 29.6 cm³/mol. The fraction of sp³-hybridized carbons (Fsp3) is 0.500. The van der Waals surface area contributed by atoms with Gasteiger partial charge in [-0.3, -0.25) is 0 Å². The second kappa shape index (κ2) is 5.04. The third kappa shape index (κ3) is 4.75. The number of carbonyl (C=O) groups is 1. The summed E-state index contributed by atoms with van der Waals surface area (Å²) in [6.45, 7) is 0. The van der Waals surface area contributed by atoms with Gasteiger partial charge in [0.25, 0.3) is 0 Å². The summed E-state index contributed by atoms with van der Waals surface area (Å²) in [6, 6.07) is 0. The number of halogens is 2. The standard InChI is InChI=1S/C2H4I2NO2/c1-4-2(6)7-5-3/h5H,1H3/q-1. The Labute approximate surface area is 65.9 Å². The van der Waals surface area contributed by atoms with Gasteiger partial charge in [0.2, 0.25) is 0 Å². The van der Waals surface area contributed by atoms with Crippen LogP contribution in [0.2, 0.25) is 0 Å². The van der Waals surface area contributed by atoms with Crippen LogP contribution in [-0.2, 0) is 4.84 Å². The van der Waals surface area contributed by atoms with E-state index in [4.69, 9.17) is 0 Å². The van der Waals surface area contributed by atoms with Gasteiger partial charge in [0.05, 0.1) is 0 Å². The van der Waals surface area contributed by atoms with Crippen LogP contribution in [0.15, 0.2) is 0 Å². The van der Waals surface area contributed by atoms with Gasteiger partial charge >= 0.3 is 66.3 Å². The molecule has 0 spiro atoms. The van der Waals surface area contributed by atoms with E-state index in [1.165, 1.54) is 0 Å². The molecule has 0 bridgehead atoms. The molecule has 0 radical (unpaired) electrons. The Hall–Kier alpha value is 0.890. The molecule has 1 N–H and O–H groups in total. The molecule has 0 unspecified atom stereocenters. The molecule has 44 valence electrons. The van der Waals surface area contributed by atoms with Crippen LogP contribution in [0.1, 0.15) is 0 Å². The molecular formula is C2H4I2NO2-. The molecule has 0 aromatic heterocycles. The van der Waals surface area contributed by atoms with E-state index in [-0.39, 0.29) is 3.98 Å². The van der Waals surface area contributed by atoms with Crippen molar-refractivity contribution < 1.29 is 30.8 Å². The molecule has 0 atom stereocenters. The Balaban J connectivity index is 3.00. The summed E-state index contributed by atoms with van der Waals surface area (Å²) in [5, 5.41) is 0. The van der Waals surface area contributed by atoms with Crippen LogP contribution in [0, 0.1) is 0 Å². The Morgan fingerprint density at radius 1 is 2.00 bits per heavy atom. The molecule has 0 heterocycles. The molecule has 0 aliphatic carbocycles. The number of hydrogen-bond acceptors (Lipinski definition) is 3. The molecule has 0 aromatic rings. The van der Waals surface area contributed by atoms with Crippen LogP contribution in [-0.4, -0.2) is 8.91 Å². The summed E-state index contributed by atoms with van der Waals surface area (Å²) in [5.41, 5.74) is 0. The molecule has 0 aromatic carbocycles. The van der Waals surface area contributed by atoms with E-state index in [1.807, 2.05) is 4.93 Å². The molecule has 0 saturated heterocycles. The van der Waals surface area contributed by atoms with Gasteiger partial charge < -0.3 is 0 Å². The molecule has 0 aliphatic heterocycles.